The predicted molar refractivity (Wildman–Crippen MR) is 60.4 cm³/mol. The van der Waals surface area contributed by atoms with E-state index in [1.54, 1.807) is 0 Å². The smallest absolute Gasteiger partial charge is 0.277 e. The van der Waals surface area contributed by atoms with E-state index in [1.165, 1.54) is 7.05 Å². The number of sulfonamides is 1. The molecule has 96 valence electrons. The Kier molecular flexibility index (Phi) is 2.87. The maximum absolute atomic E-state index is 12.9. The summed E-state index contributed by atoms with van der Waals surface area (Å²) in [6.45, 7) is 0. The minimum Gasteiger partial charge on any atom is -0.396 e. The summed E-state index contributed by atoms with van der Waals surface area (Å²) >= 11 is 0. The van der Waals surface area contributed by atoms with Gasteiger partial charge in [-0.25, -0.2) is 17.5 Å². The van der Waals surface area contributed by atoms with E-state index in [9.17, 15) is 12.8 Å². The van der Waals surface area contributed by atoms with Gasteiger partial charge in [-0.1, -0.05) is 5.10 Å². The van der Waals surface area contributed by atoms with Gasteiger partial charge in [0.2, 0.25) is 0 Å². The van der Waals surface area contributed by atoms with E-state index in [1.807, 2.05) is 0 Å². The summed E-state index contributed by atoms with van der Waals surface area (Å²) in [5, 5.41) is 10.6. The summed E-state index contributed by atoms with van der Waals surface area (Å²) in [6, 6.07) is 3.06. The number of rotatable bonds is 3. The Morgan fingerprint density at radius 2 is 2.17 bits per heavy atom. The molecule has 1 aromatic carbocycles. The Morgan fingerprint density at radius 3 is 2.72 bits per heavy atom. The number of nitrogens with zero attached hydrogens (tertiary/aromatic N) is 4. The van der Waals surface area contributed by atoms with Crippen LogP contribution in [0.4, 0.5) is 16.0 Å². The molecule has 0 bridgehead atoms. The molecule has 0 spiro atoms. The van der Waals surface area contributed by atoms with E-state index in [-0.39, 0.29) is 16.5 Å². The van der Waals surface area contributed by atoms with Crippen molar-refractivity contribution in [3.8, 4) is 0 Å². The second kappa shape index (κ2) is 4.22. The van der Waals surface area contributed by atoms with Crippen molar-refractivity contribution in [2.45, 2.75) is 4.90 Å². The largest absolute Gasteiger partial charge is 0.396 e. The topological polar surface area (TPSA) is 116 Å². The number of aryl methyl sites for hydroxylation is 1. The van der Waals surface area contributed by atoms with Gasteiger partial charge < -0.3 is 5.73 Å². The zero-order valence-corrected chi connectivity index (χ0v) is 10.0. The third-order valence-electron chi connectivity index (χ3n) is 2.01. The lowest BCUT2D eigenvalue weighted by molar-refractivity contribution is 0.599. The number of hydrogen-bond donors (Lipinski definition) is 2. The van der Waals surface area contributed by atoms with Crippen LogP contribution in [-0.4, -0.2) is 28.6 Å². The summed E-state index contributed by atoms with van der Waals surface area (Å²) < 4.78 is 38.8. The first-order valence-electron chi connectivity index (χ1n) is 4.70. The fourth-order valence-corrected chi connectivity index (χ4v) is 2.16. The number of nitrogens with two attached hydrogens (primary N) is 1. The lowest BCUT2D eigenvalue weighted by Crippen LogP contribution is -2.14. The highest BCUT2D eigenvalue weighted by atomic mass is 32.2. The highest BCUT2D eigenvalue weighted by molar-refractivity contribution is 7.92. The molecule has 0 atom stereocenters. The quantitative estimate of drug-likeness (QED) is 0.743. The first-order chi connectivity index (χ1) is 8.38. The number of benzene rings is 1. The SMILES string of the molecule is Cn1nnc(NS(=O)(=O)c2ccc(F)c(N)c2)n1. The van der Waals surface area contributed by atoms with Gasteiger partial charge in [-0.3, -0.25) is 0 Å². The molecular weight excluding hydrogens is 263 g/mol. The van der Waals surface area contributed by atoms with E-state index in [4.69, 9.17) is 5.73 Å². The first kappa shape index (κ1) is 12.2. The summed E-state index contributed by atoms with van der Waals surface area (Å²) in [5.41, 5.74) is 5.04. The zero-order chi connectivity index (χ0) is 13.3. The molecule has 1 heterocycles. The van der Waals surface area contributed by atoms with Gasteiger partial charge in [0.1, 0.15) is 5.82 Å². The van der Waals surface area contributed by atoms with Gasteiger partial charge in [0.15, 0.2) is 0 Å². The Morgan fingerprint density at radius 1 is 1.44 bits per heavy atom. The van der Waals surface area contributed by atoms with Crippen molar-refractivity contribution in [1.82, 2.24) is 20.2 Å². The Hall–Kier alpha value is -2.23. The molecule has 3 N–H and O–H groups in total. The summed E-state index contributed by atoms with van der Waals surface area (Å²) in [4.78, 5) is 0.908. The van der Waals surface area contributed by atoms with E-state index < -0.39 is 15.8 Å². The van der Waals surface area contributed by atoms with Crippen molar-refractivity contribution in [3.05, 3.63) is 24.0 Å². The summed E-state index contributed by atoms with van der Waals surface area (Å²) in [7, 11) is -2.43. The maximum Gasteiger partial charge on any atom is 0.277 e. The lowest BCUT2D eigenvalue weighted by Gasteiger charge is -2.05. The molecule has 0 fully saturated rings. The fraction of sp³-hybridized carbons (Fsp3) is 0.125. The van der Waals surface area contributed by atoms with E-state index in [2.05, 4.69) is 20.1 Å². The van der Waals surface area contributed by atoms with Crippen LogP contribution >= 0.6 is 0 Å². The number of hydrogen-bond acceptors (Lipinski definition) is 6. The van der Waals surface area contributed by atoms with Gasteiger partial charge in [0.25, 0.3) is 16.0 Å². The van der Waals surface area contributed by atoms with Crippen molar-refractivity contribution in [2.75, 3.05) is 10.5 Å². The van der Waals surface area contributed by atoms with Crippen LogP contribution in [0.5, 0.6) is 0 Å². The molecule has 0 aliphatic rings. The van der Waals surface area contributed by atoms with Crippen molar-refractivity contribution in [1.29, 1.82) is 0 Å². The van der Waals surface area contributed by atoms with Crippen LogP contribution in [0, 0.1) is 5.82 Å². The molecule has 8 nitrogen and oxygen atoms in total. The van der Waals surface area contributed by atoms with Crippen molar-refractivity contribution < 1.29 is 12.8 Å². The van der Waals surface area contributed by atoms with Gasteiger partial charge in [-0.05, 0) is 23.4 Å². The van der Waals surface area contributed by atoms with Crippen LogP contribution in [-0.2, 0) is 17.1 Å². The van der Waals surface area contributed by atoms with Crippen molar-refractivity contribution >= 4 is 21.7 Å². The van der Waals surface area contributed by atoms with Crippen molar-refractivity contribution in [2.24, 2.45) is 7.05 Å². The van der Waals surface area contributed by atoms with Crippen LogP contribution in [0.15, 0.2) is 23.1 Å². The molecular formula is C8H9FN6O2S. The Labute approximate surface area is 102 Å². The first-order valence-corrected chi connectivity index (χ1v) is 6.18. The Bertz CT molecular complexity index is 683. The van der Waals surface area contributed by atoms with Crippen LogP contribution in [0.25, 0.3) is 0 Å². The fourth-order valence-electron chi connectivity index (χ4n) is 1.19. The predicted octanol–water partition coefficient (Wildman–Crippen LogP) is -0.268. The number of nitrogen functional groups attached to an aromatic ring is 1. The number of anilines is 2. The third kappa shape index (κ3) is 2.37. The molecule has 0 saturated carbocycles. The van der Waals surface area contributed by atoms with E-state index >= 15 is 0 Å². The second-order valence-corrected chi connectivity index (χ2v) is 5.07. The van der Waals surface area contributed by atoms with Gasteiger partial charge in [0, 0.05) is 0 Å². The number of tetrazole rings is 1. The highest BCUT2D eigenvalue weighted by Gasteiger charge is 2.17. The molecule has 10 heteroatoms. The maximum atomic E-state index is 12.9. The van der Waals surface area contributed by atoms with Gasteiger partial charge in [-0.15, -0.1) is 5.10 Å². The molecule has 0 amide bonds. The standard InChI is InChI=1S/C8H9FN6O2S/c1-15-12-8(11-14-15)13-18(16,17)5-2-3-6(9)7(10)4-5/h2-4H,10H2,1H3,(H,12,13). The molecule has 2 aromatic rings. The molecule has 18 heavy (non-hydrogen) atoms. The minimum atomic E-state index is -3.91. The molecule has 0 radical (unpaired) electrons. The molecule has 0 unspecified atom stereocenters. The van der Waals surface area contributed by atoms with Crippen LogP contribution in [0.2, 0.25) is 0 Å². The van der Waals surface area contributed by atoms with Crippen LogP contribution in [0.3, 0.4) is 0 Å². The van der Waals surface area contributed by atoms with Gasteiger partial charge >= 0.3 is 0 Å². The van der Waals surface area contributed by atoms with Crippen LogP contribution < -0.4 is 10.5 Å². The average molecular weight is 272 g/mol. The highest BCUT2D eigenvalue weighted by Crippen LogP contribution is 2.18. The number of nitrogens with one attached hydrogen (secondary N) is 1. The summed E-state index contributed by atoms with van der Waals surface area (Å²) in [6.07, 6.45) is 0. The average Bonchev–Trinajstić information content (AvgIpc) is 2.67. The molecule has 2 rings (SSSR count). The molecule has 0 aliphatic heterocycles. The molecule has 0 saturated heterocycles. The zero-order valence-electron chi connectivity index (χ0n) is 9.20. The minimum absolute atomic E-state index is 0.180. The second-order valence-electron chi connectivity index (χ2n) is 3.39. The van der Waals surface area contributed by atoms with E-state index in [0.717, 1.165) is 23.0 Å². The Balaban J connectivity index is 2.33. The van der Waals surface area contributed by atoms with Crippen LogP contribution in [0.1, 0.15) is 0 Å². The molecule has 1 aromatic heterocycles. The number of halogens is 1. The summed E-state index contributed by atoms with van der Waals surface area (Å²) in [5.74, 6) is -0.869. The van der Waals surface area contributed by atoms with Gasteiger partial charge in [-0.2, -0.15) is 4.80 Å². The lowest BCUT2D eigenvalue weighted by atomic mass is 10.3. The monoisotopic (exact) mass is 272 g/mol. The normalized spacial score (nSPS) is 11.4. The molecule has 0 aliphatic carbocycles. The van der Waals surface area contributed by atoms with Gasteiger partial charge in [0.05, 0.1) is 17.6 Å². The third-order valence-corrected chi connectivity index (χ3v) is 3.34. The number of aromatic nitrogens is 4. The van der Waals surface area contributed by atoms with E-state index in [0.29, 0.717) is 0 Å². The van der Waals surface area contributed by atoms with Crippen molar-refractivity contribution in [3.63, 3.8) is 0 Å².